The molecule has 0 radical (unpaired) electrons. The minimum Gasteiger partial charge on any atom is -0.456 e. The molecule has 1 aliphatic heterocycles. The summed E-state index contributed by atoms with van der Waals surface area (Å²) in [5.74, 6) is -0.748. The van der Waals surface area contributed by atoms with Crippen molar-refractivity contribution in [2.24, 2.45) is 5.92 Å². The molecular formula is C17H26N2O6S2. The summed E-state index contributed by atoms with van der Waals surface area (Å²) in [6.45, 7) is 5.87. The van der Waals surface area contributed by atoms with E-state index in [2.05, 4.69) is 0 Å². The number of nitrogens with zero attached hydrogens (tertiary/aromatic N) is 2. The fourth-order valence-corrected chi connectivity index (χ4v) is 5.54. The van der Waals surface area contributed by atoms with Crippen molar-refractivity contribution in [3.05, 3.63) is 20.7 Å². The van der Waals surface area contributed by atoms with E-state index in [1.54, 1.807) is 12.3 Å². The predicted octanol–water partition coefficient (Wildman–Crippen LogP) is 0.823. The average Bonchev–Trinajstić information content (AvgIpc) is 3.10. The summed E-state index contributed by atoms with van der Waals surface area (Å²) < 4.78 is 30.0. The van der Waals surface area contributed by atoms with Gasteiger partial charge in [0.2, 0.25) is 0 Å². The second kappa shape index (κ2) is 9.01. The van der Waals surface area contributed by atoms with Crippen molar-refractivity contribution in [3.8, 4) is 0 Å². The fourth-order valence-electron chi connectivity index (χ4n) is 3.04. The molecular weight excluding hydrogens is 392 g/mol. The van der Waals surface area contributed by atoms with Gasteiger partial charge in [-0.05, 0) is 19.3 Å². The normalized spacial score (nSPS) is 18.6. The monoisotopic (exact) mass is 418 g/mol. The molecule has 1 amide bonds. The van der Waals surface area contributed by atoms with Crippen LogP contribution in [-0.4, -0.2) is 60.5 Å². The highest BCUT2D eigenvalue weighted by molar-refractivity contribution is 7.91. The smallest absolute Gasteiger partial charge is 0.308 e. The minimum absolute atomic E-state index is 0.00719. The number of esters is 1. The van der Waals surface area contributed by atoms with Crippen molar-refractivity contribution in [2.75, 3.05) is 24.7 Å². The molecule has 2 rings (SSSR count). The van der Waals surface area contributed by atoms with Gasteiger partial charge < -0.3 is 14.2 Å². The van der Waals surface area contributed by atoms with Crippen LogP contribution in [0, 0.1) is 12.8 Å². The molecule has 2 heterocycles. The van der Waals surface area contributed by atoms with E-state index in [4.69, 9.17) is 4.74 Å². The van der Waals surface area contributed by atoms with Crippen LogP contribution < -0.4 is 4.87 Å². The lowest BCUT2D eigenvalue weighted by atomic mass is 10.1. The zero-order valence-corrected chi connectivity index (χ0v) is 17.5. The summed E-state index contributed by atoms with van der Waals surface area (Å²) in [5, 5.41) is 1.72. The molecule has 0 bridgehead atoms. The van der Waals surface area contributed by atoms with Crippen LogP contribution in [0.1, 0.15) is 32.4 Å². The Hall–Kier alpha value is -1.68. The summed E-state index contributed by atoms with van der Waals surface area (Å²) in [6, 6.07) is -0.365. The summed E-state index contributed by atoms with van der Waals surface area (Å²) >= 11 is 1.07. The van der Waals surface area contributed by atoms with E-state index in [1.165, 1.54) is 9.47 Å². The van der Waals surface area contributed by atoms with E-state index in [9.17, 15) is 22.8 Å². The second-order valence-electron chi connectivity index (χ2n) is 7.20. The van der Waals surface area contributed by atoms with Crippen LogP contribution in [-0.2, 0) is 30.7 Å². The van der Waals surface area contributed by atoms with Crippen molar-refractivity contribution in [1.29, 1.82) is 0 Å². The Morgan fingerprint density at radius 1 is 1.41 bits per heavy atom. The molecule has 1 aromatic heterocycles. The molecule has 27 heavy (non-hydrogen) atoms. The highest BCUT2D eigenvalue weighted by Gasteiger charge is 2.35. The van der Waals surface area contributed by atoms with E-state index in [1.807, 2.05) is 13.8 Å². The van der Waals surface area contributed by atoms with Gasteiger partial charge in [0.05, 0.1) is 17.9 Å². The van der Waals surface area contributed by atoms with Crippen molar-refractivity contribution in [2.45, 2.75) is 46.2 Å². The molecule has 0 aromatic carbocycles. The molecule has 1 aliphatic rings. The van der Waals surface area contributed by atoms with Crippen LogP contribution in [0.3, 0.4) is 0 Å². The maximum Gasteiger partial charge on any atom is 0.308 e. The van der Waals surface area contributed by atoms with Gasteiger partial charge in [0, 0.05) is 30.2 Å². The molecule has 1 saturated heterocycles. The lowest BCUT2D eigenvalue weighted by Crippen LogP contribution is -2.45. The predicted molar refractivity (Wildman–Crippen MR) is 103 cm³/mol. The zero-order chi connectivity index (χ0) is 20.2. The number of thiazole rings is 1. The Labute approximate surface area is 163 Å². The number of ether oxygens (including phenoxy) is 1. The number of aryl methyl sites for hydroxylation is 1. The lowest BCUT2D eigenvalue weighted by molar-refractivity contribution is -0.153. The molecule has 1 unspecified atom stereocenters. The first-order valence-corrected chi connectivity index (χ1v) is 11.6. The standard InChI is InChI=1S/C17H26N2O6S2/c1-12(2)8-19(14-5-7-27(23,24)11-14)15(20)9-25-16(21)4-6-18-13(3)10-26-17(18)22/h10,12,14H,4-9,11H2,1-3H3. The van der Waals surface area contributed by atoms with Gasteiger partial charge in [-0.2, -0.15) is 0 Å². The zero-order valence-electron chi connectivity index (χ0n) is 15.8. The third-order valence-corrected chi connectivity index (χ3v) is 7.04. The summed E-state index contributed by atoms with van der Waals surface area (Å²) in [7, 11) is -3.12. The van der Waals surface area contributed by atoms with Crippen LogP contribution in [0.25, 0.3) is 0 Å². The number of rotatable bonds is 8. The van der Waals surface area contributed by atoms with Gasteiger partial charge in [0.15, 0.2) is 16.4 Å². The topological polar surface area (TPSA) is 103 Å². The largest absolute Gasteiger partial charge is 0.456 e. The van der Waals surface area contributed by atoms with Gasteiger partial charge in [-0.3, -0.25) is 14.4 Å². The maximum atomic E-state index is 12.5. The number of hydrogen-bond acceptors (Lipinski definition) is 7. The molecule has 1 atom stereocenters. The third-order valence-electron chi connectivity index (χ3n) is 4.40. The molecule has 152 valence electrons. The van der Waals surface area contributed by atoms with Crippen LogP contribution >= 0.6 is 11.3 Å². The Bertz CT molecular complexity index is 840. The van der Waals surface area contributed by atoms with Gasteiger partial charge >= 0.3 is 10.8 Å². The molecule has 0 aliphatic carbocycles. The van der Waals surface area contributed by atoms with Gasteiger partial charge in [-0.25, -0.2) is 8.42 Å². The average molecular weight is 419 g/mol. The Morgan fingerprint density at radius 2 is 2.11 bits per heavy atom. The summed E-state index contributed by atoms with van der Waals surface area (Å²) in [5.41, 5.74) is 0.777. The van der Waals surface area contributed by atoms with Crippen molar-refractivity contribution in [3.63, 3.8) is 0 Å². The van der Waals surface area contributed by atoms with Gasteiger partial charge in [-0.15, -0.1) is 0 Å². The molecule has 1 fully saturated rings. The van der Waals surface area contributed by atoms with Crippen LogP contribution in [0.5, 0.6) is 0 Å². The molecule has 0 N–H and O–H groups in total. The van der Waals surface area contributed by atoms with Crippen LogP contribution in [0.4, 0.5) is 0 Å². The highest BCUT2D eigenvalue weighted by atomic mass is 32.2. The van der Waals surface area contributed by atoms with Crippen molar-refractivity contribution >= 4 is 33.1 Å². The number of aromatic nitrogens is 1. The molecule has 0 spiro atoms. The quantitative estimate of drug-likeness (QED) is 0.579. The Morgan fingerprint density at radius 3 is 2.63 bits per heavy atom. The van der Waals surface area contributed by atoms with Gasteiger partial charge in [0.1, 0.15) is 0 Å². The highest BCUT2D eigenvalue weighted by Crippen LogP contribution is 2.19. The number of carbonyl (C=O) groups excluding carboxylic acids is 2. The first kappa shape index (κ1) is 21.6. The van der Waals surface area contributed by atoms with Crippen LogP contribution in [0.15, 0.2) is 10.2 Å². The first-order chi connectivity index (χ1) is 12.6. The van der Waals surface area contributed by atoms with Crippen molar-refractivity contribution in [1.82, 2.24) is 9.47 Å². The van der Waals surface area contributed by atoms with E-state index in [0.29, 0.717) is 13.0 Å². The van der Waals surface area contributed by atoms with Gasteiger partial charge in [0.25, 0.3) is 5.91 Å². The molecule has 0 saturated carbocycles. The third kappa shape index (κ3) is 6.17. The lowest BCUT2D eigenvalue weighted by Gasteiger charge is -2.29. The van der Waals surface area contributed by atoms with E-state index in [-0.39, 0.29) is 47.2 Å². The number of hydrogen-bond donors (Lipinski definition) is 0. The Kier molecular flexibility index (Phi) is 7.21. The summed E-state index contributed by atoms with van der Waals surface area (Å²) in [6.07, 6.45) is 0.405. The molecule has 10 heteroatoms. The minimum atomic E-state index is -3.12. The SMILES string of the molecule is Cc1csc(=O)n1CCC(=O)OCC(=O)N(CC(C)C)C1CCS(=O)(=O)C1. The molecule has 1 aromatic rings. The van der Waals surface area contributed by atoms with E-state index >= 15 is 0 Å². The number of amides is 1. The van der Waals surface area contributed by atoms with Crippen LogP contribution in [0.2, 0.25) is 0 Å². The maximum absolute atomic E-state index is 12.5. The molecule has 8 nitrogen and oxygen atoms in total. The number of sulfone groups is 1. The van der Waals surface area contributed by atoms with Gasteiger partial charge in [-0.1, -0.05) is 25.2 Å². The second-order valence-corrected chi connectivity index (χ2v) is 10.3. The summed E-state index contributed by atoms with van der Waals surface area (Å²) in [4.78, 5) is 37.5. The fraction of sp³-hybridized carbons (Fsp3) is 0.706. The van der Waals surface area contributed by atoms with E-state index in [0.717, 1.165) is 17.0 Å². The van der Waals surface area contributed by atoms with E-state index < -0.39 is 22.4 Å². The Balaban J connectivity index is 1.89. The first-order valence-electron chi connectivity index (χ1n) is 8.89. The van der Waals surface area contributed by atoms with Crippen molar-refractivity contribution < 1.29 is 22.7 Å². The number of carbonyl (C=O) groups is 2.